The summed E-state index contributed by atoms with van der Waals surface area (Å²) in [5.41, 5.74) is 3.19. The fourth-order valence-corrected chi connectivity index (χ4v) is 3.85. The average molecular weight is 565 g/mol. The SMILES string of the molecule is C=CCNNC(=O)c1cc(Cc2ccnc(NS(=O)(=O)NC)c2F)c(F)c(F)c1Nc1ccc(C=C)cc1F. The highest BCUT2D eigenvalue weighted by Gasteiger charge is 2.25. The smallest absolute Gasteiger partial charge is 0.300 e. The van der Waals surface area contributed by atoms with Crippen molar-refractivity contribution in [2.24, 2.45) is 0 Å². The number of rotatable bonds is 12. The summed E-state index contributed by atoms with van der Waals surface area (Å²) in [4.78, 5) is 16.5. The number of amides is 1. The Bertz CT molecular complexity index is 1530. The van der Waals surface area contributed by atoms with Crippen molar-refractivity contribution in [2.45, 2.75) is 6.42 Å². The molecule has 2 aromatic carbocycles. The molecule has 1 amide bonds. The molecule has 14 heteroatoms. The lowest BCUT2D eigenvalue weighted by molar-refractivity contribution is 0.0935. The number of anilines is 3. The maximum atomic E-state index is 15.4. The van der Waals surface area contributed by atoms with E-state index < -0.39 is 68.4 Å². The molecular weight excluding hydrogens is 540 g/mol. The van der Waals surface area contributed by atoms with Gasteiger partial charge in [-0.3, -0.25) is 14.9 Å². The predicted molar refractivity (Wildman–Crippen MR) is 140 cm³/mol. The van der Waals surface area contributed by atoms with Gasteiger partial charge in [-0.2, -0.15) is 8.42 Å². The van der Waals surface area contributed by atoms with Gasteiger partial charge < -0.3 is 5.32 Å². The van der Waals surface area contributed by atoms with Crippen LogP contribution in [-0.4, -0.2) is 32.9 Å². The van der Waals surface area contributed by atoms with Crippen molar-refractivity contribution in [3.63, 3.8) is 0 Å². The monoisotopic (exact) mass is 564 g/mol. The van der Waals surface area contributed by atoms with Crippen LogP contribution < -0.4 is 25.6 Å². The number of aromatic nitrogens is 1. The Labute approximate surface area is 222 Å². The van der Waals surface area contributed by atoms with E-state index in [0.717, 1.165) is 31.4 Å². The first kappa shape index (κ1) is 29.3. The minimum atomic E-state index is -4.12. The molecule has 0 radical (unpaired) electrons. The molecule has 0 spiro atoms. The molecule has 0 bridgehead atoms. The third-order valence-corrected chi connectivity index (χ3v) is 6.31. The number of pyridine rings is 1. The number of hydrazine groups is 1. The number of benzene rings is 2. The topological polar surface area (TPSA) is 124 Å². The van der Waals surface area contributed by atoms with E-state index in [0.29, 0.717) is 5.56 Å². The number of nitrogens with one attached hydrogen (secondary N) is 5. The third-order valence-electron chi connectivity index (χ3n) is 5.31. The van der Waals surface area contributed by atoms with E-state index in [2.05, 4.69) is 34.3 Å². The summed E-state index contributed by atoms with van der Waals surface area (Å²) in [5, 5.41) is 2.42. The molecule has 0 aliphatic rings. The Morgan fingerprint density at radius 3 is 2.41 bits per heavy atom. The van der Waals surface area contributed by atoms with E-state index in [1.54, 1.807) is 0 Å². The van der Waals surface area contributed by atoms with Gasteiger partial charge in [-0.1, -0.05) is 24.8 Å². The first-order valence-corrected chi connectivity index (χ1v) is 12.7. The zero-order chi connectivity index (χ0) is 28.7. The molecule has 0 atom stereocenters. The standard InChI is InChI=1S/C25H24F4N6O3S/c1-4-9-32-34-25(36)17-13-16(12-15-8-10-31-24(21(15)28)35-39(37,38)30-3)20(27)22(29)23(17)33-19-7-6-14(5-2)11-18(19)26/h4-8,10-11,13,30,32-33H,1-2,9,12H2,3H3,(H,31,35)(H,34,36). The summed E-state index contributed by atoms with van der Waals surface area (Å²) in [6.45, 7) is 7.15. The molecule has 0 fully saturated rings. The molecule has 39 heavy (non-hydrogen) atoms. The van der Waals surface area contributed by atoms with Crippen LogP contribution in [0.2, 0.25) is 0 Å². The molecule has 0 aliphatic heterocycles. The summed E-state index contributed by atoms with van der Waals surface area (Å²) >= 11 is 0. The van der Waals surface area contributed by atoms with Gasteiger partial charge in [-0.15, -0.1) is 6.58 Å². The van der Waals surface area contributed by atoms with Gasteiger partial charge in [0.1, 0.15) is 5.82 Å². The average Bonchev–Trinajstić information content (AvgIpc) is 2.91. The van der Waals surface area contributed by atoms with Gasteiger partial charge >= 0.3 is 0 Å². The minimum Gasteiger partial charge on any atom is -0.350 e. The maximum absolute atomic E-state index is 15.4. The van der Waals surface area contributed by atoms with Gasteiger partial charge in [0.25, 0.3) is 16.1 Å². The number of hydrogen-bond acceptors (Lipinski definition) is 6. The molecule has 0 unspecified atom stereocenters. The highest BCUT2D eigenvalue weighted by Crippen LogP contribution is 2.32. The van der Waals surface area contributed by atoms with Crippen LogP contribution in [0.15, 0.2) is 55.8 Å². The van der Waals surface area contributed by atoms with Crippen LogP contribution in [0.4, 0.5) is 34.8 Å². The number of carbonyl (C=O) groups is 1. The highest BCUT2D eigenvalue weighted by atomic mass is 32.2. The van der Waals surface area contributed by atoms with Crippen LogP contribution in [0.1, 0.15) is 27.0 Å². The first-order chi connectivity index (χ1) is 18.5. The first-order valence-electron chi connectivity index (χ1n) is 11.2. The summed E-state index contributed by atoms with van der Waals surface area (Å²) in [6, 6.07) is 5.94. The van der Waals surface area contributed by atoms with Crippen LogP contribution in [0.3, 0.4) is 0 Å². The van der Waals surface area contributed by atoms with E-state index in [4.69, 9.17) is 0 Å². The van der Waals surface area contributed by atoms with Crippen molar-refractivity contribution in [1.82, 2.24) is 20.6 Å². The summed E-state index contributed by atoms with van der Waals surface area (Å²) in [6.07, 6.45) is 3.30. The van der Waals surface area contributed by atoms with E-state index in [9.17, 15) is 17.6 Å². The second kappa shape index (κ2) is 12.5. The van der Waals surface area contributed by atoms with Gasteiger partial charge in [0.05, 0.1) is 16.9 Å². The van der Waals surface area contributed by atoms with E-state index in [1.807, 2.05) is 9.44 Å². The van der Waals surface area contributed by atoms with Crippen molar-refractivity contribution >= 4 is 39.4 Å². The lowest BCUT2D eigenvalue weighted by atomic mass is 9.99. The Morgan fingerprint density at radius 2 is 1.77 bits per heavy atom. The number of nitrogens with zero attached hydrogens (tertiary/aromatic N) is 1. The molecule has 3 rings (SSSR count). The number of hydrogen-bond donors (Lipinski definition) is 5. The second-order valence-corrected chi connectivity index (χ2v) is 9.52. The summed E-state index contributed by atoms with van der Waals surface area (Å²) in [7, 11) is -3.03. The van der Waals surface area contributed by atoms with Gasteiger partial charge in [0.2, 0.25) is 0 Å². The number of carbonyl (C=O) groups excluding carboxylic acids is 1. The molecule has 0 saturated carbocycles. The summed E-state index contributed by atoms with van der Waals surface area (Å²) < 4.78 is 87.5. The maximum Gasteiger partial charge on any atom is 0.300 e. The van der Waals surface area contributed by atoms with Gasteiger partial charge in [0.15, 0.2) is 23.3 Å². The molecule has 206 valence electrons. The normalized spacial score (nSPS) is 11.1. The molecule has 0 saturated heterocycles. The second-order valence-electron chi connectivity index (χ2n) is 7.90. The van der Waals surface area contributed by atoms with Crippen molar-refractivity contribution in [1.29, 1.82) is 0 Å². The van der Waals surface area contributed by atoms with Gasteiger partial charge in [-0.05, 0) is 41.0 Å². The van der Waals surface area contributed by atoms with Crippen molar-refractivity contribution < 1.29 is 30.8 Å². The molecular formula is C25H24F4N6O3S. The lowest BCUT2D eigenvalue weighted by Gasteiger charge is -2.17. The van der Waals surface area contributed by atoms with E-state index in [1.165, 1.54) is 24.3 Å². The van der Waals surface area contributed by atoms with E-state index >= 15 is 13.2 Å². The Kier molecular flexibility index (Phi) is 9.40. The Morgan fingerprint density at radius 1 is 1.03 bits per heavy atom. The van der Waals surface area contributed by atoms with Crippen molar-refractivity contribution in [2.75, 3.05) is 23.6 Å². The molecule has 5 N–H and O–H groups in total. The number of halogens is 4. The molecule has 0 aliphatic carbocycles. The van der Waals surface area contributed by atoms with Crippen LogP contribution >= 0.6 is 0 Å². The van der Waals surface area contributed by atoms with Crippen molar-refractivity contribution in [3.05, 3.63) is 101 Å². The van der Waals surface area contributed by atoms with Crippen LogP contribution in [0, 0.1) is 23.3 Å². The zero-order valence-electron chi connectivity index (χ0n) is 20.5. The fraction of sp³-hybridized carbons (Fsp3) is 0.120. The Hall–Kier alpha value is -4.27. The van der Waals surface area contributed by atoms with E-state index in [-0.39, 0.29) is 17.8 Å². The Balaban J connectivity index is 2.08. The predicted octanol–water partition coefficient (Wildman–Crippen LogP) is 3.91. The lowest BCUT2D eigenvalue weighted by Crippen LogP contribution is -2.37. The molecule has 3 aromatic rings. The fourth-order valence-electron chi connectivity index (χ4n) is 3.35. The van der Waals surface area contributed by atoms with Crippen molar-refractivity contribution in [3.8, 4) is 0 Å². The van der Waals surface area contributed by atoms with Gasteiger partial charge in [0, 0.05) is 26.2 Å². The molecule has 1 aromatic heterocycles. The van der Waals surface area contributed by atoms with Crippen LogP contribution in [-0.2, 0) is 16.6 Å². The van der Waals surface area contributed by atoms with Crippen LogP contribution in [0.25, 0.3) is 6.08 Å². The molecule has 1 heterocycles. The minimum absolute atomic E-state index is 0.135. The third kappa shape index (κ3) is 6.98. The molecule has 9 nitrogen and oxygen atoms in total. The van der Waals surface area contributed by atoms with Crippen LogP contribution in [0.5, 0.6) is 0 Å². The highest BCUT2D eigenvalue weighted by molar-refractivity contribution is 7.90. The zero-order valence-corrected chi connectivity index (χ0v) is 21.4. The van der Waals surface area contributed by atoms with Gasteiger partial charge in [-0.25, -0.2) is 32.7 Å². The largest absolute Gasteiger partial charge is 0.350 e. The quantitative estimate of drug-likeness (QED) is 0.0984. The summed E-state index contributed by atoms with van der Waals surface area (Å²) in [5.74, 6) is -6.51.